The van der Waals surface area contributed by atoms with E-state index in [9.17, 15) is 5.11 Å². The number of benzene rings is 1. The van der Waals surface area contributed by atoms with Crippen molar-refractivity contribution in [3.05, 3.63) is 28.8 Å². The minimum absolute atomic E-state index is 0. The fourth-order valence-corrected chi connectivity index (χ4v) is 4.23. The van der Waals surface area contributed by atoms with Gasteiger partial charge in [-0.05, 0) is 67.8 Å². The average molecular weight is 507 g/mol. The Morgan fingerprint density at radius 1 is 1.13 bits per heavy atom. The number of rotatable bonds is 5. The summed E-state index contributed by atoms with van der Waals surface area (Å²) >= 11 is 0. The summed E-state index contributed by atoms with van der Waals surface area (Å²) in [6.07, 6.45) is 0. The van der Waals surface area contributed by atoms with Gasteiger partial charge in [0.1, 0.15) is 5.75 Å². The molecular formula is C21H223NO. The molecule has 1 unspecified atom stereocenters. The van der Waals surface area contributed by atoms with Crippen molar-refractivity contribution in [2.75, 3.05) is 13.6 Å². The molecule has 2 nitrogen and oxygen atoms in total. The number of hydrogen-bond donors (Lipinski definition) is 1. The molecule has 0 saturated heterocycles. The van der Waals surface area contributed by atoms with Crippen LogP contribution in [0.2, 0.25) is 0 Å². The highest BCUT2D eigenvalue weighted by atomic mass is 16.3. The lowest BCUT2D eigenvalue weighted by Gasteiger charge is -2.49. The van der Waals surface area contributed by atoms with Crippen LogP contribution in [0.1, 0.15) is 204 Å². The first kappa shape index (κ1) is 20.0. The average Bonchev–Trinajstić information content (AvgIpc) is 2.44. The van der Waals surface area contributed by atoms with Crippen molar-refractivity contribution < 1.29 is 138 Å². The van der Waals surface area contributed by atoms with Gasteiger partial charge in [-0.1, -0.05) is 53.7 Å². The Labute approximate surface area is 282 Å². The van der Waals surface area contributed by atoms with Gasteiger partial charge in [0.15, 0.2) is 0 Å². The van der Waals surface area contributed by atoms with E-state index in [1.807, 2.05) is 6.92 Å². The van der Waals surface area contributed by atoms with Crippen LogP contribution in [0.4, 0.5) is 0 Å². The standard InChI is InChI=1S/C21H37NO.93H2/c1-11-22(10)16(4)21(8,9)19(20(5,6)7)17-13-12-14(2)18(23)15(17)3;;;;;;;;;;;;;;;;;;;;;;;;;;;;;;;;;;;;;;;;;;;;;;;;;;;;;;;;;;;;;;;;;;;;;;;;;;;;;;;;;;;;;;;;;;;;;/h12-13,16,19,23H,11H2,1-10H3;93*1H/t16?,19-;;;;;;;;;;;;;;;;;;;;;;;;;;;;;;;;;;;;;;;;;;;;;;;;;;;;;;;;;;;;;;;;;;;;;;;;;;;;;;;;;;;;;;;;;;;;;/m1............................................................................................./s1. The van der Waals surface area contributed by atoms with E-state index in [0.29, 0.717) is 17.7 Å². The topological polar surface area (TPSA) is 23.5 Å². The second kappa shape index (κ2) is 6.84. The molecule has 2 heteroatoms. The highest BCUT2D eigenvalue weighted by Crippen LogP contribution is 2.52. The largest absolute Gasteiger partial charge is 0.507 e. The van der Waals surface area contributed by atoms with Gasteiger partial charge in [0.05, 0.1) is 0 Å². The Balaban J connectivity index is -0.000000000625. The maximum absolute atomic E-state index is 10.5. The Kier molecular flexibility index (Phi) is 5.96. The first-order valence-corrected chi connectivity index (χ1v) is 8.85. The van der Waals surface area contributed by atoms with Crippen molar-refractivity contribution in [2.24, 2.45) is 10.8 Å². The Hall–Kier alpha value is -1.02. The third-order valence-corrected chi connectivity index (χ3v) is 5.83. The first-order valence-electron chi connectivity index (χ1n) is 8.85. The molecule has 0 saturated carbocycles. The Morgan fingerprint density at radius 3 is 2.09 bits per heavy atom. The molecule has 0 aliphatic rings. The van der Waals surface area contributed by atoms with Gasteiger partial charge in [-0.15, -0.1) is 0 Å². The molecule has 318 valence electrons. The van der Waals surface area contributed by atoms with E-state index >= 15 is 0 Å². The molecule has 2 atom stereocenters. The van der Waals surface area contributed by atoms with Crippen molar-refractivity contribution >= 4 is 0 Å². The van der Waals surface area contributed by atoms with Crippen LogP contribution in [0.15, 0.2) is 12.1 Å². The van der Waals surface area contributed by atoms with Crippen LogP contribution in [0.5, 0.6) is 5.75 Å². The van der Waals surface area contributed by atoms with E-state index in [2.05, 4.69) is 79.5 Å². The summed E-state index contributed by atoms with van der Waals surface area (Å²) < 4.78 is 0. The van der Waals surface area contributed by atoms with E-state index in [-0.39, 0.29) is 144 Å². The summed E-state index contributed by atoms with van der Waals surface area (Å²) in [7, 11) is 2.20. The number of phenols is 1. The van der Waals surface area contributed by atoms with Crippen LogP contribution in [0.3, 0.4) is 0 Å². The van der Waals surface area contributed by atoms with E-state index < -0.39 is 0 Å². The minimum Gasteiger partial charge on any atom is -0.507 e. The summed E-state index contributed by atoms with van der Waals surface area (Å²) in [6.45, 7) is 21.3. The van der Waals surface area contributed by atoms with Gasteiger partial charge in [-0.3, -0.25) is 0 Å². The zero-order valence-electron chi connectivity index (χ0n) is 16.9. The predicted molar refractivity (Wildman–Crippen MR) is 298 cm³/mol. The van der Waals surface area contributed by atoms with Crippen LogP contribution in [0.25, 0.3) is 0 Å². The molecule has 0 amide bonds. The van der Waals surface area contributed by atoms with Gasteiger partial charge in [0.2, 0.25) is 0 Å². The highest BCUT2D eigenvalue weighted by Gasteiger charge is 2.44. The summed E-state index contributed by atoms with van der Waals surface area (Å²) in [5, 5.41) is 10.5. The van der Waals surface area contributed by atoms with Gasteiger partial charge in [0, 0.05) is 139 Å². The lowest BCUT2D eigenvalue weighted by molar-refractivity contribution is 0.0570. The smallest absolute Gasteiger partial charge is 0.121 e. The second-order valence-electron chi connectivity index (χ2n) is 8.81. The number of aromatic hydroxyl groups is 1. The lowest BCUT2D eigenvalue weighted by Crippen LogP contribution is -2.47. The monoisotopic (exact) mass is 507 g/mol. The molecule has 0 bridgehead atoms. The van der Waals surface area contributed by atoms with Gasteiger partial charge >= 0.3 is 0 Å². The molecular weight excluding hydrogens is 282 g/mol. The molecule has 0 aromatic heterocycles. The van der Waals surface area contributed by atoms with Crippen molar-refractivity contribution in [1.29, 1.82) is 0 Å². The normalized spacial score (nSPS) is 15.8. The maximum Gasteiger partial charge on any atom is 0.121 e. The zero-order valence-corrected chi connectivity index (χ0v) is 16.9. The fourth-order valence-electron chi connectivity index (χ4n) is 4.23. The maximum atomic E-state index is 10.5. The highest BCUT2D eigenvalue weighted by molar-refractivity contribution is 5.46. The van der Waals surface area contributed by atoms with E-state index in [1.165, 1.54) is 5.56 Å². The van der Waals surface area contributed by atoms with Gasteiger partial charge in [0.25, 0.3) is 0 Å². The third kappa shape index (κ3) is 3.91. The molecule has 0 heterocycles. The quantitative estimate of drug-likeness (QED) is 0.429. The van der Waals surface area contributed by atoms with Crippen LogP contribution in [-0.4, -0.2) is 29.6 Å². The number of aryl methyl sites for hydroxylation is 1. The van der Waals surface area contributed by atoms with Crippen LogP contribution >= 0.6 is 0 Å². The molecule has 1 N–H and O–H groups in total. The van der Waals surface area contributed by atoms with Crippen LogP contribution in [0, 0.1) is 24.7 Å². The van der Waals surface area contributed by atoms with Crippen molar-refractivity contribution in [3.63, 3.8) is 0 Å². The van der Waals surface area contributed by atoms with Crippen molar-refractivity contribution in [3.8, 4) is 5.75 Å². The molecule has 0 aliphatic heterocycles. The van der Waals surface area contributed by atoms with Crippen LogP contribution in [-0.2, 0) is 0 Å². The minimum atomic E-state index is 0. The summed E-state index contributed by atoms with van der Waals surface area (Å²) in [5.41, 5.74) is 3.45. The van der Waals surface area contributed by atoms with E-state index in [1.54, 1.807) is 0 Å². The first-order chi connectivity index (χ1) is 10.4. The Bertz CT molecular complexity index is 623. The SMILES string of the molecule is CCN(C)C(C)C(C)(C)[C@H](c1ccc(C)c(O)c1C)C(C)(C)C.[HH].[HH].[HH].[HH].[HH].[HH].[HH].[HH].[HH].[HH].[HH].[HH].[HH].[HH].[HH].[HH].[HH].[HH].[HH].[HH].[HH].[HH].[HH].[HH].[HH].[HH].[HH].[HH].[HH].[HH].[HH].[HH].[HH].[HH].[HH].[HH].[HH].[HH].[HH].[HH].[HH].[HH].[HH].[HH].[HH].[HH].[HH].[HH].[HH].[HH].[HH].[HH].[HH].[HH].[HH].[HH].[HH].[HH].[HH].[HH].[HH].[HH].[HH].[HH].[HH].[HH].[HH].[HH].[HH].[HH].[HH].[HH].[HH].[HH].[HH].[HH].[HH].[HH].[HH].[HH].[HH].[HH].[HH].[HH].[HH].[HH].[HH].[HH].[HH].[HH].[HH].[HH].[HH]. The molecule has 0 fully saturated rings. The van der Waals surface area contributed by atoms with Crippen molar-refractivity contribution in [1.82, 2.24) is 4.90 Å². The number of nitrogens with zero attached hydrogens (tertiary/aromatic N) is 1. The van der Waals surface area contributed by atoms with Gasteiger partial charge < -0.3 is 10.0 Å². The summed E-state index contributed by atoms with van der Waals surface area (Å²) in [4.78, 5) is 2.42. The number of hydrogen-bond acceptors (Lipinski definition) is 2. The fraction of sp³-hybridized carbons (Fsp3) is 0.714. The third-order valence-electron chi connectivity index (χ3n) is 5.83. The molecule has 23 heavy (non-hydrogen) atoms. The molecule has 1 aromatic carbocycles. The summed E-state index contributed by atoms with van der Waals surface area (Å²) in [6, 6.07) is 4.72. The van der Waals surface area contributed by atoms with E-state index in [4.69, 9.17) is 0 Å². The van der Waals surface area contributed by atoms with Gasteiger partial charge in [-0.25, -0.2) is 0 Å². The zero-order chi connectivity index (χ0) is 18.2. The lowest BCUT2D eigenvalue weighted by atomic mass is 9.59. The molecule has 1 aromatic rings. The molecule has 1 rings (SSSR count). The van der Waals surface area contributed by atoms with Crippen molar-refractivity contribution in [2.45, 2.75) is 74.3 Å². The summed E-state index contributed by atoms with van der Waals surface area (Å²) in [5.74, 6) is 0.801. The molecule has 0 spiro atoms. The molecule has 0 radical (unpaired) electrons. The number of phenolic OH excluding ortho intramolecular Hbond substituents is 1. The van der Waals surface area contributed by atoms with E-state index in [0.717, 1.165) is 17.7 Å². The van der Waals surface area contributed by atoms with Crippen LogP contribution < -0.4 is 0 Å². The predicted octanol–water partition coefficient (Wildman–Crippen LogP) is 28.4. The Morgan fingerprint density at radius 2 is 1.65 bits per heavy atom. The molecule has 0 aliphatic carbocycles. The van der Waals surface area contributed by atoms with Gasteiger partial charge in [-0.2, -0.15) is 0 Å². The second-order valence-corrected chi connectivity index (χ2v) is 8.81.